The van der Waals surface area contributed by atoms with Crippen LogP contribution in [0, 0.1) is 6.92 Å². The standard InChI is InChI=1S/C14H13ClN2S/c1-9-5-3-7-12-16-13(11-6-4-8-18-11)14(10(2)15)17(9)12/h3-8,10H,1-2H3. The van der Waals surface area contributed by atoms with Crippen LogP contribution in [0.4, 0.5) is 0 Å². The van der Waals surface area contributed by atoms with Crippen LogP contribution in [0.3, 0.4) is 0 Å². The van der Waals surface area contributed by atoms with E-state index in [4.69, 9.17) is 16.6 Å². The van der Waals surface area contributed by atoms with Gasteiger partial charge in [0.05, 0.1) is 15.9 Å². The molecule has 0 saturated heterocycles. The predicted molar refractivity (Wildman–Crippen MR) is 77.5 cm³/mol. The maximum atomic E-state index is 6.36. The van der Waals surface area contributed by atoms with Crippen molar-refractivity contribution in [2.24, 2.45) is 0 Å². The summed E-state index contributed by atoms with van der Waals surface area (Å²) in [7, 11) is 0. The van der Waals surface area contributed by atoms with E-state index in [0.29, 0.717) is 0 Å². The normalized spacial score (nSPS) is 13.1. The number of nitrogens with zero attached hydrogens (tertiary/aromatic N) is 2. The van der Waals surface area contributed by atoms with Crippen molar-refractivity contribution in [2.45, 2.75) is 19.2 Å². The molecular formula is C14H13ClN2S. The molecule has 1 atom stereocenters. The van der Waals surface area contributed by atoms with Gasteiger partial charge in [0.1, 0.15) is 11.3 Å². The Morgan fingerprint density at radius 2 is 2.11 bits per heavy atom. The van der Waals surface area contributed by atoms with Gasteiger partial charge < -0.3 is 0 Å². The molecule has 0 N–H and O–H groups in total. The summed E-state index contributed by atoms with van der Waals surface area (Å²) in [5.74, 6) is 0. The zero-order valence-corrected chi connectivity index (χ0v) is 11.8. The maximum Gasteiger partial charge on any atom is 0.137 e. The van der Waals surface area contributed by atoms with E-state index in [2.05, 4.69) is 28.8 Å². The monoisotopic (exact) mass is 276 g/mol. The molecule has 1 unspecified atom stereocenters. The largest absolute Gasteiger partial charge is 0.299 e. The number of hydrogen-bond acceptors (Lipinski definition) is 2. The van der Waals surface area contributed by atoms with E-state index in [1.54, 1.807) is 11.3 Å². The lowest BCUT2D eigenvalue weighted by molar-refractivity contribution is 0.937. The number of thiophene rings is 1. The minimum absolute atomic E-state index is 0.0711. The number of pyridine rings is 1. The van der Waals surface area contributed by atoms with Gasteiger partial charge >= 0.3 is 0 Å². The molecule has 3 aromatic heterocycles. The summed E-state index contributed by atoms with van der Waals surface area (Å²) in [4.78, 5) is 5.89. The fraction of sp³-hybridized carbons (Fsp3) is 0.214. The van der Waals surface area contributed by atoms with Crippen LogP contribution in [0.25, 0.3) is 16.2 Å². The molecule has 0 saturated carbocycles. The molecule has 92 valence electrons. The second-order valence-corrected chi connectivity index (χ2v) is 5.90. The first-order valence-electron chi connectivity index (χ1n) is 5.84. The van der Waals surface area contributed by atoms with Gasteiger partial charge in [-0.3, -0.25) is 4.40 Å². The second kappa shape index (κ2) is 4.41. The van der Waals surface area contributed by atoms with Crippen molar-refractivity contribution < 1.29 is 0 Å². The lowest BCUT2D eigenvalue weighted by Gasteiger charge is -2.08. The molecule has 0 radical (unpaired) electrons. The minimum atomic E-state index is -0.0711. The number of fused-ring (bicyclic) bond motifs is 1. The predicted octanol–water partition coefficient (Wildman–Crippen LogP) is 4.67. The Kier molecular flexibility index (Phi) is 2.88. The Hall–Kier alpha value is -1.32. The molecule has 18 heavy (non-hydrogen) atoms. The van der Waals surface area contributed by atoms with Crippen LogP contribution in [0.15, 0.2) is 35.7 Å². The third kappa shape index (κ3) is 1.74. The molecule has 0 fully saturated rings. The van der Waals surface area contributed by atoms with E-state index in [-0.39, 0.29) is 5.38 Å². The van der Waals surface area contributed by atoms with E-state index in [1.165, 1.54) is 4.88 Å². The van der Waals surface area contributed by atoms with Gasteiger partial charge in [0.2, 0.25) is 0 Å². The fourth-order valence-electron chi connectivity index (χ4n) is 2.24. The number of alkyl halides is 1. The summed E-state index contributed by atoms with van der Waals surface area (Å²) in [6, 6.07) is 10.3. The van der Waals surface area contributed by atoms with Gasteiger partial charge in [-0.2, -0.15) is 0 Å². The first-order valence-corrected chi connectivity index (χ1v) is 7.16. The summed E-state index contributed by atoms with van der Waals surface area (Å²) in [6.45, 7) is 4.07. The Morgan fingerprint density at radius 1 is 1.28 bits per heavy atom. The van der Waals surface area contributed by atoms with Crippen LogP contribution >= 0.6 is 22.9 Å². The summed E-state index contributed by atoms with van der Waals surface area (Å²) >= 11 is 8.06. The van der Waals surface area contributed by atoms with Gasteiger partial charge in [0.15, 0.2) is 0 Å². The quantitative estimate of drug-likeness (QED) is 0.622. The van der Waals surface area contributed by atoms with Crippen LogP contribution in [0.1, 0.15) is 23.7 Å². The van der Waals surface area contributed by atoms with Crippen LogP contribution < -0.4 is 0 Å². The number of aromatic nitrogens is 2. The van der Waals surface area contributed by atoms with Crippen molar-refractivity contribution >= 4 is 28.6 Å². The third-order valence-electron chi connectivity index (χ3n) is 3.01. The number of halogens is 1. The fourth-order valence-corrected chi connectivity index (χ4v) is 3.17. The number of aryl methyl sites for hydroxylation is 1. The molecule has 3 rings (SSSR count). The smallest absolute Gasteiger partial charge is 0.137 e. The first-order chi connectivity index (χ1) is 8.68. The van der Waals surface area contributed by atoms with Gasteiger partial charge in [-0.25, -0.2) is 4.98 Å². The molecule has 0 spiro atoms. The summed E-state index contributed by atoms with van der Waals surface area (Å²) in [6.07, 6.45) is 0. The highest BCUT2D eigenvalue weighted by molar-refractivity contribution is 7.13. The SMILES string of the molecule is Cc1cccc2nc(-c3cccs3)c(C(C)Cl)n12. The molecule has 4 heteroatoms. The number of rotatable bonds is 2. The highest BCUT2D eigenvalue weighted by Gasteiger charge is 2.19. The number of hydrogen-bond donors (Lipinski definition) is 0. The molecule has 0 aliphatic heterocycles. The average Bonchev–Trinajstić information content (AvgIpc) is 2.95. The van der Waals surface area contributed by atoms with Crippen LogP contribution in [0.2, 0.25) is 0 Å². The van der Waals surface area contributed by atoms with Crippen LogP contribution in [0.5, 0.6) is 0 Å². The molecule has 0 aliphatic carbocycles. The van der Waals surface area contributed by atoms with Crippen LogP contribution in [-0.2, 0) is 0 Å². The third-order valence-corrected chi connectivity index (χ3v) is 4.09. The minimum Gasteiger partial charge on any atom is -0.299 e. The molecule has 0 aliphatic rings. The summed E-state index contributed by atoms with van der Waals surface area (Å²) in [5.41, 5.74) is 4.19. The van der Waals surface area contributed by atoms with E-state index in [9.17, 15) is 0 Å². The lowest BCUT2D eigenvalue weighted by Crippen LogP contribution is -1.98. The zero-order valence-electron chi connectivity index (χ0n) is 10.2. The zero-order chi connectivity index (χ0) is 12.7. The van der Waals surface area contributed by atoms with Gasteiger partial charge in [0.25, 0.3) is 0 Å². The van der Waals surface area contributed by atoms with Gasteiger partial charge in [-0.1, -0.05) is 12.1 Å². The van der Waals surface area contributed by atoms with Gasteiger partial charge in [-0.15, -0.1) is 22.9 Å². The highest BCUT2D eigenvalue weighted by atomic mass is 35.5. The Bertz CT molecular complexity index is 683. The van der Waals surface area contributed by atoms with Crippen molar-refractivity contribution in [2.75, 3.05) is 0 Å². The summed E-state index contributed by atoms with van der Waals surface area (Å²) in [5, 5.41) is 1.99. The van der Waals surface area contributed by atoms with Crippen LogP contribution in [-0.4, -0.2) is 9.38 Å². The lowest BCUT2D eigenvalue weighted by atomic mass is 10.2. The van der Waals surface area contributed by atoms with Crippen molar-refractivity contribution in [1.29, 1.82) is 0 Å². The topological polar surface area (TPSA) is 17.3 Å². The maximum absolute atomic E-state index is 6.36. The van der Waals surface area contributed by atoms with E-state index in [0.717, 1.165) is 22.7 Å². The molecule has 0 bridgehead atoms. The molecule has 0 amide bonds. The van der Waals surface area contributed by atoms with Crippen molar-refractivity contribution in [3.63, 3.8) is 0 Å². The molecule has 3 aromatic rings. The molecular weight excluding hydrogens is 264 g/mol. The second-order valence-electron chi connectivity index (χ2n) is 4.30. The number of imidazole rings is 1. The first kappa shape index (κ1) is 11.8. The van der Waals surface area contributed by atoms with Gasteiger partial charge in [0, 0.05) is 5.69 Å². The molecule has 3 heterocycles. The molecule has 0 aromatic carbocycles. The Labute approximate surface area is 115 Å². The summed E-state index contributed by atoms with van der Waals surface area (Å²) < 4.78 is 2.15. The van der Waals surface area contributed by atoms with E-state index < -0.39 is 0 Å². The Balaban J connectivity index is 2.39. The van der Waals surface area contributed by atoms with E-state index >= 15 is 0 Å². The van der Waals surface area contributed by atoms with Crippen molar-refractivity contribution in [3.05, 3.63) is 47.1 Å². The molecule has 2 nitrogen and oxygen atoms in total. The Morgan fingerprint density at radius 3 is 2.78 bits per heavy atom. The highest BCUT2D eigenvalue weighted by Crippen LogP contribution is 2.34. The van der Waals surface area contributed by atoms with Gasteiger partial charge in [-0.05, 0) is 37.4 Å². The van der Waals surface area contributed by atoms with Crippen molar-refractivity contribution in [3.8, 4) is 10.6 Å². The average molecular weight is 277 g/mol. The van der Waals surface area contributed by atoms with E-state index in [1.807, 2.05) is 25.1 Å². The van der Waals surface area contributed by atoms with Crippen molar-refractivity contribution in [1.82, 2.24) is 9.38 Å².